The molecule has 2 aromatic carbocycles. The number of hydrogen-bond acceptors (Lipinski definition) is 5. The average Bonchev–Trinajstić information content (AvgIpc) is 2.97. The molecule has 0 saturated heterocycles. The molecule has 0 heterocycles. The zero-order chi connectivity index (χ0) is 28.7. The minimum atomic E-state index is -0.450. The van der Waals surface area contributed by atoms with Gasteiger partial charge in [0.15, 0.2) is 11.5 Å². The third-order valence-electron chi connectivity index (χ3n) is 6.89. The van der Waals surface area contributed by atoms with Crippen molar-refractivity contribution in [3.63, 3.8) is 0 Å². The van der Waals surface area contributed by atoms with Crippen molar-refractivity contribution in [2.24, 2.45) is 5.10 Å². The molecule has 0 unspecified atom stereocenters. The van der Waals surface area contributed by atoms with Crippen LogP contribution in [0, 0.1) is 0 Å². The molecule has 6 heteroatoms. The summed E-state index contributed by atoms with van der Waals surface area (Å²) in [5, 5.41) is 4.08. The zero-order valence-electron chi connectivity index (χ0n) is 24.8. The van der Waals surface area contributed by atoms with E-state index < -0.39 is 5.97 Å². The van der Waals surface area contributed by atoms with E-state index in [2.05, 4.69) is 17.5 Å². The lowest BCUT2D eigenvalue weighted by atomic mass is 10.0. The van der Waals surface area contributed by atoms with Gasteiger partial charge in [0.05, 0.1) is 18.4 Å². The molecule has 0 bridgehead atoms. The Labute approximate surface area is 241 Å². The van der Waals surface area contributed by atoms with Gasteiger partial charge in [-0.1, -0.05) is 115 Å². The third kappa shape index (κ3) is 14.9. The van der Waals surface area contributed by atoms with Crippen LogP contribution in [-0.2, 0) is 4.79 Å². The number of nitrogens with zero attached hydrogens (tertiary/aromatic N) is 1. The second-order valence-electron chi connectivity index (χ2n) is 10.4. The van der Waals surface area contributed by atoms with Crippen molar-refractivity contribution in [2.45, 2.75) is 117 Å². The van der Waals surface area contributed by atoms with Gasteiger partial charge in [-0.05, 0) is 49.2 Å². The Morgan fingerprint density at radius 3 is 1.88 bits per heavy atom. The van der Waals surface area contributed by atoms with Gasteiger partial charge < -0.3 is 9.47 Å². The lowest BCUT2D eigenvalue weighted by molar-refractivity contribution is -0.121. The first kappa shape index (κ1) is 33.1. The van der Waals surface area contributed by atoms with E-state index in [0.29, 0.717) is 30.1 Å². The van der Waals surface area contributed by atoms with Crippen LogP contribution in [-0.4, -0.2) is 24.7 Å². The van der Waals surface area contributed by atoms with Crippen molar-refractivity contribution in [3.8, 4) is 11.5 Å². The summed E-state index contributed by atoms with van der Waals surface area (Å²) in [7, 11) is 0. The number of carbonyl (C=O) groups is 2. The Morgan fingerprint density at radius 2 is 1.30 bits per heavy atom. The summed E-state index contributed by atoms with van der Waals surface area (Å²) in [6.07, 6.45) is 21.6. The monoisotopic (exact) mass is 550 g/mol. The molecule has 0 fully saturated rings. The van der Waals surface area contributed by atoms with Crippen molar-refractivity contribution in [2.75, 3.05) is 6.61 Å². The molecule has 0 aliphatic rings. The Morgan fingerprint density at radius 1 is 0.725 bits per heavy atom. The standard InChI is InChI=1S/C34H50N2O4/c1-3-5-6-7-8-9-10-11-12-13-14-15-16-17-21-24-33(37)36-35-28-29-25-26-31(32(27-29)39-4-2)40-34(38)30-22-19-18-20-23-30/h18-20,22-23,25-28H,3-17,21,24H2,1-2H3,(H,36,37)/b35-28+. The molecular formula is C34H50N2O4. The van der Waals surface area contributed by atoms with Crippen LogP contribution < -0.4 is 14.9 Å². The van der Waals surface area contributed by atoms with Gasteiger partial charge in [0, 0.05) is 6.42 Å². The van der Waals surface area contributed by atoms with Gasteiger partial charge in [0.25, 0.3) is 0 Å². The minimum absolute atomic E-state index is 0.0793. The van der Waals surface area contributed by atoms with E-state index in [1.807, 2.05) is 13.0 Å². The minimum Gasteiger partial charge on any atom is -0.490 e. The van der Waals surface area contributed by atoms with Crippen LogP contribution in [0.15, 0.2) is 53.6 Å². The Kier molecular flexibility index (Phi) is 17.9. The highest BCUT2D eigenvalue weighted by molar-refractivity contribution is 5.91. The summed E-state index contributed by atoms with van der Waals surface area (Å²) >= 11 is 0. The number of carbonyl (C=O) groups excluding carboxylic acids is 2. The highest BCUT2D eigenvalue weighted by Crippen LogP contribution is 2.29. The van der Waals surface area contributed by atoms with E-state index in [0.717, 1.165) is 18.4 Å². The predicted octanol–water partition coefficient (Wildman–Crippen LogP) is 9.02. The van der Waals surface area contributed by atoms with Crippen LogP contribution in [0.1, 0.15) is 133 Å². The molecule has 0 aliphatic heterocycles. The topological polar surface area (TPSA) is 77.0 Å². The molecule has 0 atom stereocenters. The number of unbranched alkanes of at least 4 members (excludes halogenated alkanes) is 14. The number of hydrogen-bond donors (Lipinski definition) is 1. The van der Waals surface area contributed by atoms with E-state index in [1.54, 1.807) is 48.7 Å². The van der Waals surface area contributed by atoms with E-state index in [-0.39, 0.29) is 5.91 Å². The smallest absolute Gasteiger partial charge is 0.343 e. The summed E-state index contributed by atoms with van der Waals surface area (Å²) in [5.41, 5.74) is 3.80. The Hall–Kier alpha value is -3.15. The molecule has 0 aliphatic carbocycles. The predicted molar refractivity (Wildman–Crippen MR) is 164 cm³/mol. The van der Waals surface area contributed by atoms with Gasteiger partial charge in [-0.3, -0.25) is 4.79 Å². The van der Waals surface area contributed by atoms with Crippen molar-refractivity contribution < 1.29 is 19.1 Å². The molecule has 1 N–H and O–H groups in total. The average molecular weight is 551 g/mol. The molecule has 220 valence electrons. The highest BCUT2D eigenvalue weighted by atomic mass is 16.6. The lowest BCUT2D eigenvalue weighted by Gasteiger charge is -2.11. The molecule has 2 aromatic rings. The lowest BCUT2D eigenvalue weighted by Crippen LogP contribution is -2.16. The highest BCUT2D eigenvalue weighted by Gasteiger charge is 2.13. The number of ether oxygens (including phenoxy) is 2. The first-order valence-corrected chi connectivity index (χ1v) is 15.5. The number of nitrogens with one attached hydrogen (secondary N) is 1. The molecule has 0 aromatic heterocycles. The largest absolute Gasteiger partial charge is 0.490 e. The van der Waals surface area contributed by atoms with Crippen LogP contribution in [0.2, 0.25) is 0 Å². The van der Waals surface area contributed by atoms with E-state index in [9.17, 15) is 9.59 Å². The maximum absolute atomic E-state index is 12.4. The quantitative estimate of drug-likeness (QED) is 0.0522. The van der Waals surface area contributed by atoms with Crippen LogP contribution in [0.5, 0.6) is 11.5 Å². The first-order chi connectivity index (χ1) is 19.6. The van der Waals surface area contributed by atoms with Crippen molar-refractivity contribution in [1.82, 2.24) is 5.43 Å². The van der Waals surface area contributed by atoms with Gasteiger partial charge >= 0.3 is 5.97 Å². The van der Waals surface area contributed by atoms with Crippen LogP contribution in [0.3, 0.4) is 0 Å². The normalized spacial score (nSPS) is 11.1. The Balaban J connectivity index is 1.56. The second-order valence-corrected chi connectivity index (χ2v) is 10.4. The maximum atomic E-state index is 12.4. The van der Waals surface area contributed by atoms with E-state index in [1.165, 1.54) is 83.5 Å². The molecule has 1 amide bonds. The summed E-state index contributed by atoms with van der Waals surface area (Å²) in [4.78, 5) is 24.5. The van der Waals surface area contributed by atoms with Crippen LogP contribution in [0.25, 0.3) is 0 Å². The molecule has 6 nitrogen and oxygen atoms in total. The van der Waals surface area contributed by atoms with Crippen molar-refractivity contribution in [3.05, 3.63) is 59.7 Å². The maximum Gasteiger partial charge on any atom is 0.343 e. The van der Waals surface area contributed by atoms with Crippen molar-refractivity contribution >= 4 is 18.1 Å². The number of benzene rings is 2. The van der Waals surface area contributed by atoms with Crippen LogP contribution in [0.4, 0.5) is 0 Å². The molecule has 2 rings (SSSR count). The summed E-state index contributed by atoms with van der Waals surface area (Å²) in [5.74, 6) is 0.253. The molecule has 0 saturated carbocycles. The fraction of sp³-hybridized carbons (Fsp3) is 0.559. The van der Waals surface area contributed by atoms with Gasteiger partial charge in [-0.2, -0.15) is 5.10 Å². The second kappa shape index (κ2) is 21.6. The van der Waals surface area contributed by atoms with Gasteiger partial charge in [-0.25, -0.2) is 10.2 Å². The molecule has 40 heavy (non-hydrogen) atoms. The SMILES string of the molecule is CCCCCCCCCCCCCCCCCC(=O)N/N=C/c1ccc(OC(=O)c2ccccc2)c(OCC)c1. The zero-order valence-corrected chi connectivity index (χ0v) is 24.8. The molecular weight excluding hydrogens is 500 g/mol. The number of rotatable bonds is 22. The third-order valence-corrected chi connectivity index (χ3v) is 6.89. The molecule has 0 radical (unpaired) electrons. The Bertz CT molecular complexity index is 991. The number of esters is 1. The fourth-order valence-corrected chi connectivity index (χ4v) is 4.58. The van der Waals surface area contributed by atoms with E-state index in [4.69, 9.17) is 9.47 Å². The van der Waals surface area contributed by atoms with Gasteiger partial charge in [-0.15, -0.1) is 0 Å². The van der Waals surface area contributed by atoms with Gasteiger partial charge in [0.1, 0.15) is 0 Å². The van der Waals surface area contributed by atoms with Crippen molar-refractivity contribution in [1.29, 1.82) is 0 Å². The fourth-order valence-electron chi connectivity index (χ4n) is 4.58. The summed E-state index contributed by atoms with van der Waals surface area (Å²) in [6.45, 7) is 4.56. The number of hydrazone groups is 1. The van der Waals surface area contributed by atoms with Gasteiger partial charge in [0.2, 0.25) is 5.91 Å². The summed E-state index contributed by atoms with van der Waals surface area (Å²) in [6, 6.07) is 14.0. The summed E-state index contributed by atoms with van der Waals surface area (Å²) < 4.78 is 11.2. The van der Waals surface area contributed by atoms with Crippen LogP contribution >= 0.6 is 0 Å². The molecule has 0 spiro atoms. The number of amides is 1. The van der Waals surface area contributed by atoms with E-state index >= 15 is 0 Å². The first-order valence-electron chi connectivity index (χ1n) is 15.5.